The van der Waals surface area contributed by atoms with Crippen LogP contribution in [0.3, 0.4) is 0 Å². The van der Waals surface area contributed by atoms with Crippen molar-refractivity contribution in [2.75, 3.05) is 12.6 Å². The molecule has 0 unspecified atom stereocenters. The molecular formula is C6H8FN5O. The molecule has 0 saturated heterocycles. The highest BCUT2D eigenvalue weighted by Crippen LogP contribution is 2.13. The van der Waals surface area contributed by atoms with E-state index in [9.17, 15) is 0 Å². The number of anilines is 1. The SMILES string of the molecule is CONc1ncnc2nc[nH]c12.F. The van der Waals surface area contributed by atoms with Gasteiger partial charge in [-0.25, -0.2) is 20.4 Å². The number of aromatic amines is 1. The van der Waals surface area contributed by atoms with E-state index in [0.717, 1.165) is 5.52 Å². The molecule has 13 heavy (non-hydrogen) atoms. The zero-order valence-electron chi connectivity index (χ0n) is 6.81. The topological polar surface area (TPSA) is 75.7 Å². The molecule has 0 aromatic carbocycles. The highest BCUT2D eigenvalue weighted by molar-refractivity contribution is 5.81. The molecule has 2 aromatic heterocycles. The zero-order chi connectivity index (χ0) is 8.39. The van der Waals surface area contributed by atoms with Gasteiger partial charge in [-0.1, -0.05) is 0 Å². The number of nitrogens with one attached hydrogen (secondary N) is 2. The van der Waals surface area contributed by atoms with Gasteiger partial charge in [0.15, 0.2) is 11.5 Å². The number of H-pyrrole nitrogens is 1. The smallest absolute Gasteiger partial charge is 0.182 e. The molecule has 70 valence electrons. The van der Waals surface area contributed by atoms with Crippen molar-refractivity contribution >= 4 is 17.0 Å². The van der Waals surface area contributed by atoms with Crippen LogP contribution in [-0.2, 0) is 4.84 Å². The molecule has 2 heterocycles. The summed E-state index contributed by atoms with van der Waals surface area (Å²) in [6.45, 7) is 0. The lowest BCUT2D eigenvalue weighted by molar-refractivity contribution is 0.269. The maximum Gasteiger partial charge on any atom is 0.182 e. The average Bonchev–Trinajstić information content (AvgIpc) is 2.53. The average molecular weight is 185 g/mol. The molecule has 2 N–H and O–H groups in total. The molecular weight excluding hydrogens is 177 g/mol. The van der Waals surface area contributed by atoms with Crippen LogP contribution in [0, 0.1) is 0 Å². The third kappa shape index (κ3) is 1.54. The van der Waals surface area contributed by atoms with E-state index in [0.29, 0.717) is 11.5 Å². The maximum absolute atomic E-state index is 4.72. The molecule has 0 radical (unpaired) electrons. The van der Waals surface area contributed by atoms with Crippen LogP contribution in [0.1, 0.15) is 0 Å². The molecule has 0 aliphatic heterocycles. The summed E-state index contributed by atoms with van der Waals surface area (Å²) < 4.78 is 0. The van der Waals surface area contributed by atoms with Crippen LogP contribution >= 0.6 is 0 Å². The molecule has 0 aliphatic carbocycles. The van der Waals surface area contributed by atoms with Crippen molar-refractivity contribution in [3.63, 3.8) is 0 Å². The van der Waals surface area contributed by atoms with Crippen LogP contribution in [0.15, 0.2) is 12.7 Å². The van der Waals surface area contributed by atoms with E-state index < -0.39 is 0 Å². The lowest BCUT2D eigenvalue weighted by atomic mass is 10.5. The number of aromatic nitrogens is 4. The van der Waals surface area contributed by atoms with Gasteiger partial charge in [0.1, 0.15) is 11.8 Å². The maximum atomic E-state index is 4.72. The number of rotatable bonds is 2. The van der Waals surface area contributed by atoms with Crippen LogP contribution in [0.4, 0.5) is 10.5 Å². The Bertz CT molecular complexity index is 389. The minimum atomic E-state index is 0. The van der Waals surface area contributed by atoms with Crippen LogP contribution in [0.25, 0.3) is 11.2 Å². The fraction of sp³-hybridized carbons (Fsp3) is 0.167. The van der Waals surface area contributed by atoms with Gasteiger partial charge in [-0.3, -0.25) is 9.54 Å². The minimum absolute atomic E-state index is 0. The third-order valence-electron chi connectivity index (χ3n) is 1.42. The fourth-order valence-corrected chi connectivity index (χ4v) is 0.939. The van der Waals surface area contributed by atoms with Gasteiger partial charge >= 0.3 is 0 Å². The monoisotopic (exact) mass is 185 g/mol. The highest BCUT2D eigenvalue weighted by Gasteiger charge is 2.03. The molecule has 6 nitrogen and oxygen atoms in total. The summed E-state index contributed by atoms with van der Waals surface area (Å²) >= 11 is 0. The Morgan fingerprint density at radius 1 is 1.38 bits per heavy atom. The van der Waals surface area contributed by atoms with Crippen LogP contribution in [0.2, 0.25) is 0 Å². The van der Waals surface area contributed by atoms with E-state index >= 15 is 0 Å². The van der Waals surface area contributed by atoms with E-state index in [1.807, 2.05) is 0 Å². The second-order valence-electron chi connectivity index (χ2n) is 2.13. The lowest BCUT2D eigenvalue weighted by Crippen LogP contribution is -1.99. The van der Waals surface area contributed by atoms with Crippen molar-refractivity contribution in [1.82, 2.24) is 19.9 Å². The minimum Gasteiger partial charge on any atom is -0.340 e. The summed E-state index contributed by atoms with van der Waals surface area (Å²) in [4.78, 5) is 19.5. The summed E-state index contributed by atoms with van der Waals surface area (Å²) in [6, 6.07) is 0. The van der Waals surface area contributed by atoms with Crippen LogP contribution < -0.4 is 5.48 Å². The standard InChI is InChI=1S/C6H7N5O.FH/c1-12-11-6-4-5(8-2-7-4)9-3-10-6;/h2-3H,1H3,(H2,7,8,9,10,11);1H. The Balaban J connectivity index is 0.000000845. The van der Waals surface area contributed by atoms with Crippen LogP contribution in [0.5, 0.6) is 0 Å². The van der Waals surface area contributed by atoms with Gasteiger partial charge in [-0.15, -0.1) is 0 Å². The Labute approximate surface area is 72.7 Å². The molecule has 0 fully saturated rings. The largest absolute Gasteiger partial charge is 0.340 e. The normalized spacial score (nSPS) is 9.62. The van der Waals surface area contributed by atoms with E-state index in [-0.39, 0.29) is 4.70 Å². The number of hydrogen-bond donors (Lipinski definition) is 2. The first kappa shape index (κ1) is 9.33. The molecule has 0 amide bonds. The van der Waals surface area contributed by atoms with Gasteiger partial charge in [0, 0.05) is 0 Å². The number of imidazole rings is 1. The molecule has 0 bridgehead atoms. The summed E-state index contributed by atoms with van der Waals surface area (Å²) in [5.41, 5.74) is 3.97. The molecule has 0 atom stereocenters. The van der Waals surface area contributed by atoms with Crippen molar-refractivity contribution in [3.05, 3.63) is 12.7 Å². The van der Waals surface area contributed by atoms with Crippen molar-refractivity contribution < 1.29 is 9.54 Å². The Morgan fingerprint density at radius 2 is 2.23 bits per heavy atom. The molecule has 2 rings (SSSR count). The van der Waals surface area contributed by atoms with E-state index in [1.54, 1.807) is 6.33 Å². The van der Waals surface area contributed by atoms with Crippen molar-refractivity contribution in [1.29, 1.82) is 0 Å². The van der Waals surface area contributed by atoms with Crippen molar-refractivity contribution in [3.8, 4) is 0 Å². The van der Waals surface area contributed by atoms with E-state index in [4.69, 9.17) is 4.84 Å². The number of fused-ring (bicyclic) bond motifs is 1. The summed E-state index contributed by atoms with van der Waals surface area (Å²) in [5.74, 6) is 0.583. The van der Waals surface area contributed by atoms with Gasteiger partial charge < -0.3 is 4.98 Å². The van der Waals surface area contributed by atoms with Crippen molar-refractivity contribution in [2.45, 2.75) is 0 Å². The van der Waals surface area contributed by atoms with Gasteiger partial charge in [0.05, 0.1) is 13.4 Å². The fourth-order valence-electron chi connectivity index (χ4n) is 0.939. The van der Waals surface area contributed by atoms with Crippen LogP contribution in [-0.4, -0.2) is 27.0 Å². The second-order valence-corrected chi connectivity index (χ2v) is 2.13. The van der Waals surface area contributed by atoms with Crippen molar-refractivity contribution in [2.24, 2.45) is 0 Å². The van der Waals surface area contributed by atoms with Gasteiger partial charge in [-0.05, 0) is 0 Å². The second kappa shape index (κ2) is 3.76. The third-order valence-corrected chi connectivity index (χ3v) is 1.42. The summed E-state index contributed by atoms with van der Waals surface area (Å²) in [6.07, 6.45) is 2.98. The Kier molecular flexibility index (Phi) is 2.70. The predicted octanol–water partition coefficient (Wildman–Crippen LogP) is 0.479. The molecule has 0 aliphatic rings. The quantitative estimate of drug-likeness (QED) is 0.665. The predicted molar refractivity (Wildman–Crippen MR) is 44.8 cm³/mol. The lowest BCUT2D eigenvalue weighted by Gasteiger charge is -2.00. The first-order valence-corrected chi connectivity index (χ1v) is 3.35. The molecule has 7 heteroatoms. The highest BCUT2D eigenvalue weighted by atomic mass is 19.0. The molecule has 2 aromatic rings. The van der Waals surface area contributed by atoms with Gasteiger partial charge in [0.2, 0.25) is 0 Å². The number of nitrogens with zero attached hydrogens (tertiary/aromatic N) is 3. The molecule has 0 spiro atoms. The Hall–Kier alpha value is -1.76. The summed E-state index contributed by atoms with van der Waals surface area (Å²) in [7, 11) is 1.52. The number of hydrogen-bond acceptors (Lipinski definition) is 5. The molecule has 0 saturated carbocycles. The zero-order valence-corrected chi connectivity index (χ0v) is 6.81. The first-order chi connectivity index (χ1) is 5.92. The van der Waals surface area contributed by atoms with Gasteiger partial charge in [0.25, 0.3) is 0 Å². The van der Waals surface area contributed by atoms with E-state index in [1.165, 1.54) is 13.4 Å². The van der Waals surface area contributed by atoms with Gasteiger partial charge in [-0.2, -0.15) is 0 Å². The summed E-state index contributed by atoms with van der Waals surface area (Å²) in [5, 5.41) is 0. The van der Waals surface area contributed by atoms with E-state index in [2.05, 4.69) is 25.4 Å². The Morgan fingerprint density at radius 3 is 3.00 bits per heavy atom. The number of halogens is 1. The first-order valence-electron chi connectivity index (χ1n) is 3.35.